The van der Waals surface area contributed by atoms with Crippen LogP contribution in [-0.2, 0) is 15.8 Å². The van der Waals surface area contributed by atoms with Crippen LogP contribution in [0.2, 0.25) is 0 Å². The summed E-state index contributed by atoms with van der Waals surface area (Å²) >= 11 is 0. The van der Waals surface area contributed by atoms with E-state index in [1.54, 1.807) is 0 Å². The van der Waals surface area contributed by atoms with Gasteiger partial charge in [0.1, 0.15) is 17.9 Å². The number of para-hydroxylation sites is 1. The van der Waals surface area contributed by atoms with Gasteiger partial charge in [-0.05, 0) is 49.6 Å². The third-order valence-electron chi connectivity index (χ3n) is 5.41. The molecule has 2 N–H and O–H groups in total. The fraction of sp³-hybridized carbons (Fsp3) is 0.333. The zero-order valence-electron chi connectivity index (χ0n) is 18.1. The Hall–Kier alpha value is -2.97. The molecule has 7 nitrogen and oxygen atoms in total. The smallest absolute Gasteiger partial charge is 0.216 e. The number of rotatable bonds is 9. The third kappa shape index (κ3) is 5.83. The van der Waals surface area contributed by atoms with Crippen LogP contribution >= 0.6 is 0 Å². The molecule has 32 heavy (non-hydrogen) atoms. The second kappa shape index (κ2) is 10.1. The zero-order chi connectivity index (χ0) is 22.4. The molecule has 3 aromatic rings. The van der Waals surface area contributed by atoms with E-state index in [9.17, 15) is 8.42 Å². The molecule has 4 rings (SSSR count). The normalized spacial score (nSPS) is 14.4. The van der Waals surface area contributed by atoms with Gasteiger partial charge in [-0.3, -0.25) is 0 Å². The van der Waals surface area contributed by atoms with Crippen LogP contribution in [-0.4, -0.2) is 31.0 Å². The van der Waals surface area contributed by atoms with Gasteiger partial charge in [-0.15, -0.1) is 0 Å². The first kappa shape index (κ1) is 22.2. The maximum atomic E-state index is 12.4. The van der Waals surface area contributed by atoms with Crippen molar-refractivity contribution in [1.29, 1.82) is 0 Å². The maximum absolute atomic E-state index is 12.4. The number of hydrogen-bond acceptors (Lipinski definition) is 6. The number of sulfonamides is 1. The molecular formula is C24H28N4O3S. The highest BCUT2D eigenvalue weighted by Gasteiger charge is 2.21. The van der Waals surface area contributed by atoms with Gasteiger partial charge in [-0.1, -0.05) is 37.1 Å². The minimum absolute atomic E-state index is 0.0182. The molecule has 0 aliphatic heterocycles. The number of benzene rings is 2. The van der Waals surface area contributed by atoms with Crippen molar-refractivity contribution < 1.29 is 13.2 Å². The molecule has 1 fully saturated rings. The Morgan fingerprint density at radius 1 is 1.03 bits per heavy atom. The molecule has 0 saturated heterocycles. The second-order valence-electron chi connectivity index (χ2n) is 7.90. The summed E-state index contributed by atoms with van der Waals surface area (Å²) in [5.41, 5.74) is 3.22. The lowest BCUT2D eigenvalue weighted by Crippen LogP contribution is -2.33. The first-order valence-electron chi connectivity index (χ1n) is 10.9. The van der Waals surface area contributed by atoms with Gasteiger partial charge >= 0.3 is 0 Å². The molecule has 0 atom stereocenters. The van der Waals surface area contributed by atoms with E-state index in [2.05, 4.69) is 20.0 Å². The van der Waals surface area contributed by atoms with Crippen molar-refractivity contribution in [2.45, 2.75) is 44.4 Å². The molecule has 0 spiro atoms. The fourth-order valence-corrected chi connectivity index (χ4v) is 5.38. The zero-order valence-corrected chi connectivity index (χ0v) is 18.9. The van der Waals surface area contributed by atoms with Crippen LogP contribution in [0.1, 0.15) is 38.2 Å². The molecule has 1 heterocycles. The molecule has 0 unspecified atom stereocenters. The van der Waals surface area contributed by atoms with Crippen LogP contribution in [0.25, 0.3) is 11.3 Å². The Morgan fingerprint density at radius 2 is 1.78 bits per heavy atom. The van der Waals surface area contributed by atoms with Gasteiger partial charge in [0.2, 0.25) is 10.0 Å². The van der Waals surface area contributed by atoms with Crippen LogP contribution in [0.4, 0.5) is 11.5 Å². The van der Waals surface area contributed by atoms with E-state index in [0.717, 1.165) is 53.9 Å². The van der Waals surface area contributed by atoms with E-state index in [1.165, 1.54) is 6.33 Å². The van der Waals surface area contributed by atoms with E-state index in [1.807, 2.05) is 61.5 Å². The van der Waals surface area contributed by atoms with E-state index < -0.39 is 10.0 Å². The summed E-state index contributed by atoms with van der Waals surface area (Å²) < 4.78 is 33.4. The SMILES string of the molecule is CCOc1ccccc1-c1cc(Nc2ccc(CS(=O)(=O)NC3CCCC3)cc2)ncn1. The fourth-order valence-electron chi connectivity index (χ4n) is 3.92. The number of nitrogens with one attached hydrogen (secondary N) is 2. The second-order valence-corrected chi connectivity index (χ2v) is 9.65. The third-order valence-corrected chi connectivity index (χ3v) is 6.82. The molecule has 168 valence electrons. The standard InChI is InChI=1S/C24H28N4O3S/c1-2-31-23-10-6-5-9-21(23)22-15-24(26-17-25-22)27-19-13-11-18(12-14-19)16-32(29,30)28-20-7-3-4-8-20/h5-6,9-15,17,20,28H,2-4,7-8,16H2,1H3,(H,25,26,27). The molecule has 2 aromatic carbocycles. The van der Waals surface area contributed by atoms with Gasteiger partial charge in [0.15, 0.2) is 0 Å². The van der Waals surface area contributed by atoms with Crippen molar-refractivity contribution in [2.75, 3.05) is 11.9 Å². The molecule has 0 bridgehead atoms. The summed E-state index contributed by atoms with van der Waals surface area (Å²) in [5, 5.41) is 3.26. The van der Waals surface area contributed by atoms with Gasteiger partial charge < -0.3 is 10.1 Å². The summed E-state index contributed by atoms with van der Waals surface area (Å²) in [5.74, 6) is 1.40. The van der Waals surface area contributed by atoms with E-state index in [4.69, 9.17) is 4.74 Å². The number of aromatic nitrogens is 2. The van der Waals surface area contributed by atoms with Crippen LogP contribution in [0.3, 0.4) is 0 Å². The lowest BCUT2D eigenvalue weighted by molar-refractivity contribution is 0.341. The van der Waals surface area contributed by atoms with Crippen molar-refractivity contribution in [3.63, 3.8) is 0 Å². The number of hydrogen-bond donors (Lipinski definition) is 2. The minimum atomic E-state index is -3.34. The number of anilines is 2. The molecule has 8 heteroatoms. The van der Waals surface area contributed by atoms with Gasteiger partial charge in [0, 0.05) is 23.4 Å². The summed E-state index contributed by atoms with van der Waals surface area (Å²) in [6, 6.07) is 17.1. The molecule has 1 aliphatic rings. The van der Waals surface area contributed by atoms with Crippen molar-refractivity contribution in [1.82, 2.24) is 14.7 Å². The Morgan fingerprint density at radius 3 is 2.53 bits per heavy atom. The largest absolute Gasteiger partial charge is 0.493 e. The monoisotopic (exact) mass is 452 g/mol. The average molecular weight is 453 g/mol. The Bertz CT molecular complexity index is 1140. The number of nitrogens with zero attached hydrogens (tertiary/aromatic N) is 2. The highest BCUT2D eigenvalue weighted by molar-refractivity contribution is 7.88. The van der Waals surface area contributed by atoms with E-state index in [-0.39, 0.29) is 11.8 Å². The highest BCUT2D eigenvalue weighted by Crippen LogP contribution is 2.29. The summed E-state index contributed by atoms with van der Waals surface area (Å²) in [7, 11) is -3.34. The van der Waals surface area contributed by atoms with Crippen molar-refractivity contribution in [3.8, 4) is 17.0 Å². The molecule has 0 radical (unpaired) electrons. The summed E-state index contributed by atoms with van der Waals surface area (Å²) in [4.78, 5) is 8.69. The molecule has 1 aliphatic carbocycles. The minimum Gasteiger partial charge on any atom is -0.493 e. The van der Waals surface area contributed by atoms with Crippen LogP contribution in [0.15, 0.2) is 60.9 Å². The van der Waals surface area contributed by atoms with Gasteiger partial charge in [0.25, 0.3) is 0 Å². The molecule has 1 aromatic heterocycles. The Labute approximate surface area is 189 Å². The van der Waals surface area contributed by atoms with Gasteiger partial charge in [-0.2, -0.15) is 0 Å². The quantitative estimate of drug-likeness (QED) is 0.491. The van der Waals surface area contributed by atoms with Crippen LogP contribution < -0.4 is 14.8 Å². The predicted molar refractivity (Wildman–Crippen MR) is 126 cm³/mol. The number of ether oxygens (including phenoxy) is 1. The lowest BCUT2D eigenvalue weighted by Gasteiger charge is -2.13. The van der Waals surface area contributed by atoms with Gasteiger partial charge in [0.05, 0.1) is 18.1 Å². The van der Waals surface area contributed by atoms with Gasteiger partial charge in [-0.25, -0.2) is 23.1 Å². The summed E-state index contributed by atoms with van der Waals surface area (Å²) in [6.45, 7) is 2.52. The van der Waals surface area contributed by atoms with Crippen molar-refractivity contribution >= 4 is 21.5 Å². The van der Waals surface area contributed by atoms with E-state index in [0.29, 0.717) is 12.4 Å². The predicted octanol–water partition coefficient (Wildman–Crippen LogP) is 4.65. The first-order valence-corrected chi connectivity index (χ1v) is 12.6. The maximum Gasteiger partial charge on any atom is 0.216 e. The highest BCUT2D eigenvalue weighted by atomic mass is 32.2. The van der Waals surface area contributed by atoms with E-state index >= 15 is 0 Å². The average Bonchev–Trinajstić information content (AvgIpc) is 3.28. The topological polar surface area (TPSA) is 93.2 Å². The van der Waals surface area contributed by atoms with Crippen molar-refractivity contribution in [2.24, 2.45) is 0 Å². The summed E-state index contributed by atoms with van der Waals surface area (Å²) in [6.07, 6.45) is 5.55. The molecule has 0 amide bonds. The van der Waals surface area contributed by atoms with Crippen LogP contribution in [0, 0.1) is 0 Å². The first-order chi connectivity index (χ1) is 15.5. The molecular weight excluding hydrogens is 424 g/mol. The lowest BCUT2D eigenvalue weighted by atomic mass is 10.1. The Kier molecular flexibility index (Phi) is 7.02. The van der Waals surface area contributed by atoms with Crippen LogP contribution in [0.5, 0.6) is 5.75 Å². The van der Waals surface area contributed by atoms with Crippen molar-refractivity contribution in [3.05, 3.63) is 66.5 Å². The molecule has 1 saturated carbocycles. The Balaban J connectivity index is 1.43.